The van der Waals surface area contributed by atoms with E-state index in [0.29, 0.717) is 11.8 Å². The van der Waals surface area contributed by atoms with Crippen LogP contribution in [0.25, 0.3) is 0 Å². The zero-order valence-electron chi connectivity index (χ0n) is 8.73. The molecular formula is C11H19F2N. The van der Waals surface area contributed by atoms with Crippen molar-refractivity contribution in [1.82, 2.24) is 5.32 Å². The highest BCUT2D eigenvalue weighted by Gasteiger charge is 2.48. The Kier molecular flexibility index (Phi) is 2.78. The van der Waals surface area contributed by atoms with Gasteiger partial charge in [-0.05, 0) is 43.7 Å². The number of piperidine rings is 1. The van der Waals surface area contributed by atoms with Gasteiger partial charge in [0, 0.05) is 12.8 Å². The highest BCUT2D eigenvalue weighted by atomic mass is 19.3. The van der Waals surface area contributed by atoms with Crippen LogP contribution in [0.4, 0.5) is 8.78 Å². The van der Waals surface area contributed by atoms with E-state index in [2.05, 4.69) is 12.2 Å². The van der Waals surface area contributed by atoms with Crippen LogP contribution < -0.4 is 5.32 Å². The fraction of sp³-hybridized carbons (Fsp3) is 1.00. The van der Waals surface area contributed by atoms with Gasteiger partial charge in [0.2, 0.25) is 5.92 Å². The maximum atomic E-state index is 12.7. The van der Waals surface area contributed by atoms with Crippen molar-refractivity contribution in [2.24, 2.45) is 17.8 Å². The van der Waals surface area contributed by atoms with E-state index >= 15 is 0 Å². The molecule has 0 spiro atoms. The van der Waals surface area contributed by atoms with Crippen molar-refractivity contribution >= 4 is 0 Å². The van der Waals surface area contributed by atoms with Crippen molar-refractivity contribution in [3.63, 3.8) is 0 Å². The van der Waals surface area contributed by atoms with Crippen LogP contribution in [0.15, 0.2) is 0 Å². The lowest BCUT2D eigenvalue weighted by molar-refractivity contribution is -0.131. The largest absolute Gasteiger partial charge is 0.317 e. The fourth-order valence-electron chi connectivity index (χ4n) is 2.83. The van der Waals surface area contributed by atoms with Crippen LogP contribution in [0.3, 0.4) is 0 Å². The third kappa shape index (κ3) is 2.08. The molecule has 1 aliphatic carbocycles. The first kappa shape index (κ1) is 10.3. The van der Waals surface area contributed by atoms with Gasteiger partial charge in [-0.15, -0.1) is 0 Å². The molecule has 1 atom stereocenters. The highest BCUT2D eigenvalue weighted by Crippen LogP contribution is 2.48. The highest BCUT2D eigenvalue weighted by molar-refractivity contribution is 4.91. The number of rotatable bonds is 2. The Hall–Kier alpha value is -0.180. The Balaban J connectivity index is 1.80. The van der Waals surface area contributed by atoms with Crippen LogP contribution in [0.5, 0.6) is 0 Å². The van der Waals surface area contributed by atoms with Gasteiger partial charge in [0.15, 0.2) is 0 Å². The molecule has 0 amide bonds. The smallest absolute Gasteiger partial charge is 0.248 e. The van der Waals surface area contributed by atoms with E-state index in [1.165, 1.54) is 12.8 Å². The van der Waals surface area contributed by atoms with Crippen molar-refractivity contribution in [2.75, 3.05) is 13.1 Å². The summed E-state index contributed by atoms with van der Waals surface area (Å²) in [6.07, 6.45) is 2.61. The first-order chi connectivity index (χ1) is 6.58. The van der Waals surface area contributed by atoms with Crippen LogP contribution in [0.2, 0.25) is 0 Å². The quantitative estimate of drug-likeness (QED) is 0.727. The van der Waals surface area contributed by atoms with Gasteiger partial charge in [-0.2, -0.15) is 0 Å². The summed E-state index contributed by atoms with van der Waals surface area (Å²) in [6.45, 7) is 4.30. The van der Waals surface area contributed by atoms with Crippen LogP contribution in [-0.2, 0) is 0 Å². The number of hydrogen-bond acceptors (Lipinski definition) is 1. The van der Waals surface area contributed by atoms with Gasteiger partial charge in [0.05, 0.1) is 0 Å². The van der Waals surface area contributed by atoms with Crippen LogP contribution in [0.1, 0.15) is 32.6 Å². The average molecular weight is 203 g/mol. The van der Waals surface area contributed by atoms with Gasteiger partial charge in [0.1, 0.15) is 0 Å². The standard InChI is InChI=1S/C11H19F2N/c1-8(9-2-4-14-5-3-9)10-6-11(12,13)7-10/h8-10,14H,2-7H2,1H3. The van der Waals surface area contributed by atoms with Crippen molar-refractivity contribution in [3.05, 3.63) is 0 Å². The third-order valence-electron chi connectivity index (χ3n) is 3.99. The number of alkyl halides is 2. The monoisotopic (exact) mass is 203 g/mol. The molecule has 82 valence electrons. The van der Waals surface area contributed by atoms with E-state index in [0.717, 1.165) is 13.1 Å². The molecule has 0 aromatic rings. The summed E-state index contributed by atoms with van der Waals surface area (Å²) in [7, 11) is 0. The minimum Gasteiger partial charge on any atom is -0.317 e. The summed E-state index contributed by atoms with van der Waals surface area (Å²) in [5.74, 6) is -0.881. The summed E-state index contributed by atoms with van der Waals surface area (Å²) in [4.78, 5) is 0. The SMILES string of the molecule is CC(C1CCNCC1)C1CC(F)(F)C1. The molecule has 2 aliphatic rings. The van der Waals surface area contributed by atoms with Crippen LogP contribution >= 0.6 is 0 Å². The van der Waals surface area contributed by atoms with E-state index in [9.17, 15) is 8.78 Å². The van der Waals surface area contributed by atoms with Crippen LogP contribution in [-0.4, -0.2) is 19.0 Å². The summed E-state index contributed by atoms with van der Waals surface area (Å²) in [5.41, 5.74) is 0. The molecule has 0 aromatic carbocycles. The van der Waals surface area contributed by atoms with E-state index < -0.39 is 5.92 Å². The second-order valence-corrected chi connectivity index (χ2v) is 4.97. The van der Waals surface area contributed by atoms with E-state index in [-0.39, 0.29) is 18.8 Å². The maximum absolute atomic E-state index is 12.7. The molecule has 1 nitrogen and oxygen atoms in total. The van der Waals surface area contributed by atoms with Gasteiger partial charge in [0.25, 0.3) is 0 Å². The lowest BCUT2D eigenvalue weighted by Gasteiger charge is -2.42. The van der Waals surface area contributed by atoms with Crippen molar-refractivity contribution in [1.29, 1.82) is 0 Å². The van der Waals surface area contributed by atoms with Gasteiger partial charge in [-0.3, -0.25) is 0 Å². The molecular weight excluding hydrogens is 184 g/mol. The lowest BCUT2D eigenvalue weighted by Crippen LogP contribution is -2.43. The number of halogens is 2. The zero-order valence-corrected chi connectivity index (χ0v) is 8.73. The summed E-state index contributed by atoms with van der Waals surface area (Å²) >= 11 is 0. The molecule has 1 N–H and O–H groups in total. The Morgan fingerprint density at radius 3 is 2.21 bits per heavy atom. The molecule has 2 fully saturated rings. The molecule has 1 saturated carbocycles. The molecule has 1 heterocycles. The molecule has 0 bridgehead atoms. The minimum absolute atomic E-state index is 0.137. The summed E-state index contributed by atoms with van der Waals surface area (Å²) < 4.78 is 25.4. The van der Waals surface area contributed by atoms with Crippen molar-refractivity contribution in [3.8, 4) is 0 Å². The van der Waals surface area contributed by atoms with E-state index in [1.807, 2.05) is 0 Å². The second kappa shape index (κ2) is 3.76. The molecule has 14 heavy (non-hydrogen) atoms. The molecule has 1 unspecified atom stereocenters. The molecule has 0 radical (unpaired) electrons. The molecule has 1 saturated heterocycles. The van der Waals surface area contributed by atoms with Gasteiger partial charge in [-0.25, -0.2) is 8.78 Å². The van der Waals surface area contributed by atoms with E-state index in [1.54, 1.807) is 0 Å². The summed E-state index contributed by atoms with van der Waals surface area (Å²) in [5, 5.41) is 3.31. The first-order valence-corrected chi connectivity index (χ1v) is 5.67. The van der Waals surface area contributed by atoms with Gasteiger partial charge >= 0.3 is 0 Å². The van der Waals surface area contributed by atoms with Crippen molar-refractivity contribution in [2.45, 2.75) is 38.5 Å². The Morgan fingerprint density at radius 2 is 1.71 bits per heavy atom. The van der Waals surface area contributed by atoms with Crippen molar-refractivity contribution < 1.29 is 8.78 Å². The average Bonchev–Trinajstić information content (AvgIpc) is 2.14. The lowest BCUT2D eigenvalue weighted by atomic mass is 9.67. The zero-order chi connectivity index (χ0) is 10.2. The van der Waals surface area contributed by atoms with Gasteiger partial charge < -0.3 is 5.32 Å². The first-order valence-electron chi connectivity index (χ1n) is 5.67. The molecule has 2 rings (SSSR count). The number of nitrogens with one attached hydrogen (secondary N) is 1. The Morgan fingerprint density at radius 1 is 1.14 bits per heavy atom. The second-order valence-electron chi connectivity index (χ2n) is 4.97. The maximum Gasteiger partial charge on any atom is 0.248 e. The minimum atomic E-state index is -2.34. The van der Waals surface area contributed by atoms with Gasteiger partial charge in [-0.1, -0.05) is 6.92 Å². The normalized spacial score (nSPS) is 31.1. The molecule has 0 aromatic heterocycles. The topological polar surface area (TPSA) is 12.0 Å². The number of hydrogen-bond donors (Lipinski definition) is 1. The predicted molar refractivity (Wildman–Crippen MR) is 52.4 cm³/mol. The predicted octanol–water partition coefficient (Wildman–Crippen LogP) is 2.67. The third-order valence-corrected chi connectivity index (χ3v) is 3.99. The molecule has 1 aliphatic heterocycles. The van der Waals surface area contributed by atoms with E-state index in [4.69, 9.17) is 0 Å². The Bertz CT molecular complexity index is 191. The summed E-state index contributed by atoms with van der Waals surface area (Å²) in [6, 6.07) is 0. The Labute approximate surface area is 84.3 Å². The molecule has 3 heteroatoms. The fourth-order valence-corrected chi connectivity index (χ4v) is 2.83. The van der Waals surface area contributed by atoms with Crippen LogP contribution in [0, 0.1) is 17.8 Å².